The molecule has 2 aliphatic carbocycles. The first-order valence-electron chi connectivity index (χ1n) is 6.65. The van der Waals surface area contributed by atoms with E-state index < -0.39 is 5.97 Å². The van der Waals surface area contributed by atoms with Gasteiger partial charge in [0.15, 0.2) is 5.69 Å². The number of aromatic carboxylic acids is 1. The molecule has 0 aromatic carbocycles. The van der Waals surface area contributed by atoms with Gasteiger partial charge >= 0.3 is 5.97 Å². The molecule has 100 valence electrons. The van der Waals surface area contributed by atoms with E-state index in [1.54, 1.807) is 0 Å². The maximum Gasteiger partial charge on any atom is 0.356 e. The van der Waals surface area contributed by atoms with Crippen molar-refractivity contribution in [1.29, 1.82) is 0 Å². The minimum absolute atomic E-state index is 0.0456. The van der Waals surface area contributed by atoms with Gasteiger partial charge in [0.1, 0.15) is 5.82 Å². The fraction of sp³-hybridized carbons (Fsp3) is 0.615. The lowest BCUT2D eigenvalue weighted by Gasteiger charge is -2.29. The van der Waals surface area contributed by atoms with Gasteiger partial charge in [-0.1, -0.05) is 0 Å². The highest BCUT2D eigenvalue weighted by Crippen LogP contribution is 2.55. The number of carbonyl (C=O) groups is 1. The van der Waals surface area contributed by atoms with Gasteiger partial charge in [-0.3, -0.25) is 0 Å². The van der Waals surface area contributed by atoms with Gasteiger partial charge in [0, 0.05) is 6.54 Å². The molecule has 19 heavy (non-hydrogen) atoms. The van der Waals surface area contributed by atoms with E-state index in [1.807, 2.05) is 0 Å². The molecule has 2 N–H and O–H groups in total. The molecule has 5 unspecified atom stereocenters. The van der Waals surface area contributed by atoms with Crippen LogP contribution in [-0.4, -0.2) is 44.8 Å². The van der Waals surface area contributed by atoms with Crippen LogP contribution in [0.25, 0.3) is 0 Å². The maximum absolute atomic E-state index is 10.8. The largest absolute Gasteiger partial charge is 0.476 e. The van der Waals surface area contributed by atoms with Crippen LogP contribution in [0.1, 0.15) is 23.3 Å². The second kappa shape index (κ2) is 3.66. The van der Waals surface area contributed by atoms with Crippen molar-refractivity contribution in [3.05, 3.63) is 18.1 Å². The summed E-state index contributed by atoms with van der Waals surface area (Å²) in [7, 11) is 0. The van der Waals surface area contributed by atoms with E-state index >= 15 is 0 Å². The third kappa shape index (κ3) is 1.43. The lowest BCUT2D eigenvalue weighted by molar-refractivity contribution is 0.0690. The zero-order chi connectivity index (χ0) is 13.1. The van der Waals surface area contributed by atoms with Crippen LogP contribution in [-0.2, 0) is 0 Å². The number of aliphatic hydroxyl groups excluding tert-OH is 1. The van der Waals surface area contributed by atoms with Crippen LogP contribution in [0, 0.1) is 17.8 Å². The molecule has 3 fully saturated rings. The Morgan fingerprint density at radius 1 is 1.26 bits per heavy atom. The summed E-state index contributed by atoms with van der Waals surface area (Å²) in [5, 5.41) is 19.1. The van der Waals surface area contributed by atoms with Gasteiger partial charge < -0.3 is 15.1 Å². The summed E-state index contributed by atoms with van der Waals surface area (Å²) in [6.45, 7) is 0.907. The average molecular weight is 261 g/mol. The Hall–Kier alpha value is -1.69. The van der Waals surface area contributed by atoms with Crippen molar-refractivity contribution in [1.82, 2.24) is 9.97 Å². The average Bonchev–Trinajstić information content (AvgIpc) is 3.00. The standard InChI is InChI=1S/C13H15N3O3/c17-12-6-1-7-5-16(11(12)8(7)2-6)10-4-14-9(3-15-10)13(18)19/h3-4,6-8,11-12,17H,1-2,5H2,(H,18,19). The number of aromatic nitrogens is 2. The molecule has 2 saturated carbocycles. The van der Waals surface area contributed by atoms with E-state index in [1.165, 1.54) is 12.4 Å². The van der Waals surface area contributed by atoms with Crippen molar-refractivity contribution in [2.75, 3.05) is 11.4 Å². The van der Waals surface area contributed by atoms with Crippen LogP contribution in [0.4, 0.5) is 5.82 Å². The molecule has 2 heterocycles. The van der Waals surface area contributed by atoms with Crippen LogP contribution in [0.2, 0.25) is 0 Å². The smallest absolute Gasteiger partial charge is 0.356 e. The summed E-state index contributed by atoms with van der Waals surface area (Å²) in [5.41, 5.74) is -0.0456. The lowest BCUT2D eigenvalue weighted by Crippen LogP contribution is -2.41. The van der Waals surface area contributed by atoms with Crippen molar-refractivity contribution in [2.24, 2.45) is 17.8 Å². The Morgan fingerprint density at radius 2 is 2.11 bits per heavy atom. The first-order valence-corrected chi connectivity index (χ1v) is 6.65. The van der Waals surface area contributed by atoms with Crippen LogP contribution >= 0.6 is 0 Å². The van der Waals surface area contributed by atoms with E-state index in [0.717, 1.165) is 19.4 Å². The van der Waals surface area contributed by atoms with Gasteiger partial charge in [-0.05, 0) is 30.6 Å². The molecular formula is C13H15N3O3. The Kier molecular flexibility index (Phi) is 2.15. The SMILES string of the molecule is O=C(O)c1cnc(N2CC3CC4CC3C2C4O)cn1. The third-order valence-electron chi connectivity index (χ3n) is 5.00. The van der Waals surface area contributed by atoms with Crippen molar-refractivity contribution >= 4 is 11.8 Å². The zero-order valence-corrected chi connectivity index (χ0v) is 10.3. The first kappa shape index (κ1) is 11.2. The summed E-state index contributed by atoms with van der Waals surface area (Å²) in [6.07, 6.45) is 4.75. The molecule has 5 atom stereocenters. The summed E-state index contributed by atoms with van der Waals surface area (Å²) in [6, 6.07) is 0.147. The van der Waals surface area contributed by atoms with Crippen molar-refractivity contribution < 1.29 is 15.0 Å². The number of carboxylic acid groups (broad SMARTS) is 1. The minimum Gasteiger partial charge on any atom is -0.476 e. The Labute approximate surface area is 110 Å². The molecule has 1 aromatic rings. The molecule has 0 radical (unpaired) electrons. The fourth-order valence-electron chi connectivity index (χ4n) is 4.26. The number of aliphatic hydroxyl groups is 1. The number of hydrogen-bond acceptors (Lipinski definition) is 5. The van der Waals surface area contributed by atoms with E-state index in [2.05, 4.69) is 14.9 Å². The molecule has 6 heteroatoms. The molecule has 1 aromatic heterocycles. The van der Waals surface area contributed by atoms with Crippen LogP contribution in [0.15, 0.2) is 12.4 Å². The molecule has 6 nitrogen and oxygen atoms in total. The van der Waals surface area contributed by atoms with Gasteiger partial charge in [0.25, 0.3) is 0 Å². The number of rotatable bonds is 2. The quantitative estimate of drug-likeness (QED) is 0.800. The first-order chi connectivity index (χ1) is 9.15. The van der Waals surface area contributed by atoms with Crippen LogP contribution in [0.5, 0.6) is 0 Å². The fourth-order valence-corrected chi connectivity index (χ4v) is 4.26. The predicted octanol–water partition coefficient (Wildman–Crippen LogP) is 0.380. The summed E-state index contributed by atoms with van der Waals surface area (Å²) >= 11 is 0. The molecular weight excluding hydrogens is 246 g/mol. The monoisotopic (exact) mass is 261 g/mol. The van der Waals surface area contributed by atoms with Gasteiger partial charge in [0.2, 0.25) is 0 Å². The van der Waals surface area contributed by atoms with Gasteiger partial charge in [-0.15, -0.1) is 0 Å². The normalized spacial score (nSPS) is 39.0. The van der Waals surface area contributed by atoms with E-state index in [-0.39, 0.29) is 17.8 Å². The Balaban J connectivity index is 1.65. The summed E-state index contributed by atoms with van der Waals surface area (Å²) < 4.78 is 0. The molecule has 1 saturated heterocycles. The van der Waals surface area contributed by atoms with Gasteiger partial charge in [-0.2, -0.15) is 0 Å². The number of anilines is 1. The van der Waals surface area contributed by atoms with Crippen molar-refractivity contribution in [3.63, 3.8) is 0 Å². The van der Waals surface area contributed by atoms with E-state index in [9.17, 15) is 9.90 Å². The summed E-state index contributed by atoms with van der Waals surface area (Å²) in [4.78, 5) is 21.0. The zero-order valence-electron chi connectivity index (χ0n) is 10.3. The number of fused-ring (bicyclic) bond motifs is 1. The molecule has 0 spiro atoms. The van der Waals surface area contributed by atoms with Crippen molar-refractivity contribution in [3.8, 4) is 0 Å². The van der Waals surface area contributed by atoms with Crippen LogP contribution < -0.4 is 4.90 Å². The third-order valence-corrected chi connectivity index (χ3v) is 5.00. The molecule has 2 bridgehead atoms. The number of hydrogen-bond donors (Lipinski definition) is 2. The number of carboxylic acids is 1. The predicted molar refractivity (Wildman–Crippen MR) is 65.8 cm³/mol. The second-order valence-corrected chi connectivity index (χ2v) is 5.85. The maximum atomic E-state index is 10.8. The molecule has 4 rings (SSSR count). The minimum atomic E-state index is -1.07. The van der Waals surface area contributed by atoms with Crippen LogP contribution in [0.3, 0.4) is 0 Å². The van der Waals surface area contributed by atoms with Gasteiger partial charge in [-0.25, -0.2) is 14.8 Å². The highest BCUT2D eigenvalue weighted by Gasteiger charge is 2.59. The lowest BCUT2D eigenvalue weighted by atomic mass is 9.88. The Morgan fingerprint density at radius 3 is 2.74 bits per heavy atom. The molecule has 3 aliphatic rings. The molecule has 1 aliphatic heterocycles. The summed E-state index contributed by atoms with van der Waals surface area (Å²) in [5.74, 6) is 1.28. The topological polar surface area (TPSA) is 86.5 Å². The highest BCUT2D eigenvalue weighted by molar-refractivity contribution is 5.84. The van der Waals surface area contributed by atoms with Crippen molar-refractivity contribution in [2.45, 2.75) is 25.0 Å². The highest BCUT2D eigenvalue weighted by atomic mass is 16.4. The van der Waals surface area contributed by atoms with E-state index in [0.29, 0.717) is 23.6 Å². The Bertz CT molecular complexity index is 530. The second-order valence-electron chi connectivity index (χ2n) is 5.85. The van der Waals surface area contributed by atoms with Gasteiger partial charge in [0.05, 0.1) is 24.5 Å². The molecule has 0 amide bonds. The van der Waals surface area contributed by atoms with E-state index in [4.69, 9.17) is 5.11 Å². The number of nitrogens with zero attached hydrogens (tertiary/aromatic N) is 3.